The average molecular weight is 435 g/mol. The highest BCUT2D eigenvalue weighted by Gasteiger charge is 2.62. The topological polar surface area (TPSA) is 60.9 Å². The lowest BCUT2D eigenvalue weighted by molar-refractivity contribution is -0.187. The third-order valence-electron chi connectivity index (χ3n) is 3.73. The highest BCUT2D eigenvalue weighted by atomic mass is 28.4. The molecule has 0 saturated carbocycles. The molecular formula is C11H14F9N3O3Si. The largest absolute Gasteiger partial charge is 0.470 e. The van der Waals surface area contributed by atoms with Gasteiger partial charge in [-0.2, -0.15) is 39.5 Å². The number of rotatable bonds is 4. The number of carbonyl (C=O) groups excluding carboxylic acids is 3. The Morgan fingerprint density at radius 3 is 0.926 bits per heavy atom. The molecular weight excluding hydrogens is 421 g/mol. The Morgan fingerprint density at radius 2 is 0.815 bits per heavy atom. The summed E-state index contributed by atoms with van der Waals surface area (Å²) in [6, 6.07) is -0.970. The van der Waals surface area contributed by atoms with Crippen LogP contribution in [-0.4, -0.2) is 79.6 Å². The lowest BCUT2D eigenvalue weighted by Crippen LogP contribution is -2.78. The van der Waals surface area contributed by atoms with E-state index in [0.29, 0.717) is 0 Å². The molecule has 6 nitrogen and oxygen atoms in total. The van der Waals surface area contributed by atoms with Gasteiger partial charge < -0.3 is 13.7 Å². The molecule has 0 aliphatic heterocycles. The molecule has 0 radical (unpaired) electrons. The van der Waals surface area contributed by atoms with Crippen LogP contribution < -0.4 is 0 Å². The van der Waals surface area contributed by atoms with Gasteiger partial charge in [-0.05, 0) is 6.04 Å². The van der Waals surface area contributed by atoms with Crippen molar-refractivity contribution in [2.75, 3.05) is 21.1 Å². The van der Waals surface area contributed by atoms with E-state index in [4.69, 9.17) is 0 Å². The van der Waals surface area contributed by atoms with Crippen molar-refractivity contribution < 1.29 is 53.9 Å². The molecule has 3 amide bonds. The first-order valence-electron chi connectivity index (χ1n) is 6.81. The van der Waals surface area contributed by atoms with Gasteiger partial charge in [-0.25, -0.2) is 0 Å². The number of carbonyl (C=O) groups is 3. The molecule has 0 aromatic heterocycles. The van der Waals surface area contributed by atoms with Gasteiger partial charge in [0.1, 0.15) is 0 Å². The van der Waals surface area contributed by atoms with E-state index in [-0.39, 0.29) is 21.1 Å². The van der Waals surface area contributed by atoms with Gasteiger partial charge in [0.15, 0.2) is 0 Å². The zero-order valence-electron chi connectivity index (χ0n) is 14.2. The summed E-state index contributed by atoms with van der Waals surface area (Å²) in [5.41, 5.74) is 0. The van der Waals surface area contributed by atoms with Crippen molar-refractivity contribution in [2.24, 2.45) is 0 Å². The number of hydrogen-bond acceptors (Lipinski definition) is 3. The second kappa shape index (κ2) is 7.55. The van der Waals surface area contributed by atoms with Crippen molar-refractivity contribution in [1.29, 1.82) is 0 Å². The van der Waals surface area contributed by atoms with Gasteiger partial charge in [0.25, 0.3) is 0 Å². The lowest BCUT2D eigenvalue weighted by Gasteiger charge is -2.49. The van der Waals surface area contributed by atoms with Gasteiger partial charge >= 0.3 is 44.8 Å². The van der Waals surface area contributed by atoms with Crippen LogP contribution in [0.1, 0.15) is 6.92 Å². The van der Waals surface area contributed by atoms with Crippen molar-refractivity contribution in [3.05, 3.63) is 0 Å². The number of halogens is 9. The van der Waals surface area contributed by atoms with Crippen molar-refractivity contribution in [3.8, 4) is 0 Å². The van der Waals surface area contributed by atoms with E-state index in [1.807, 2.05) is 0 Å². The van der Waals surface area contributed by atoms with Crippen molar-refractivity contribution >= 4 is 26.3 Å². The van der Waals surface area contributed by atoms with E-state index in [1.165, 1.54) is 0 Å². The Kier molecular flexibility index (Phi) is 6.99. The summed E-state index contributed by atoms with van der Waals surface area (Å²) in [6.45, 7) is 0.854. The quantitative estimate of drug-likeness (QED) is 0.502. The maximum atomic E-state index is 12.7. The molecule has 0 saturated heterocycles. The Morgan fingerprint density at radius 1 is 0.630 bits per heavy atom. The van der Waals surface area contributed by atoms with Crippen LogP contribution in [0, 0.1) is 0 Å². The molecule has 0 spiro atoms. The maximum absolute atomic E-state index is 12.7. The molecule has 0 aromatic carbocycles. The van der Waals surface area contributed by atoms with Gasteiger partial charge in [-0.3, -0.25) is 14.4 Å². The number of nitrogens with zero attached hydrogens (tertiary/aromatic N) is 3. The summed E-state index contributed by atoms with van der Waals surface area (Å²) in [5.74, 6) is -8.42. The highest BCUT2D eigenvalue weighted by molar-refractivity contribution is 6.77. The van der Waals surface area contributed by atoms with Crippen LogP contribution in [0.3, 0.4) is 0 Å². The van der Waals surface area contributed by atoms with E-state index >= 15 is 0 Å². The Hall–Kier alpha value is -2.00. The molecule has 16 heteroatoms. The van der Waals surface area contributed by atoms with E-state index in [9.17, 15) is 53.9 Å². The predicted molar refractivity (Wildman–Crippen MR) is 72.7 cm³/mol. The van der Waals surface area contributed by atoms with Crippen LogP contribution >= 0.6 is 0 Å². The summed E-state index contributed by atoms with van der Waals surface area (Å²) < 4.78 is 113. The van der Waals surface area contributed by atoms with E-state index in [2.05, 4.69) is 0 Å². The molecule has 27 heavy (non-hydrogen) atoms. The highest BCUT2D eigenvalue weighted by Crippen LogP contribution is 2.32. The maximum Gasteiger partial charge on any atom is 0.470 e. The molecule has 0 aliphatic carbocycles. The summed E-state index contributed by atoms with van der Waals surface area (Å²) in [6.07, 6.45) is -17.0. The number of amides is 3. The lowest BCUT2D eigenvalue weighted by atomic mass is 10.6. The first kappa shape index (κ1) is 25.0. The molecule has 0 bridgehead atoms. The van der Waals surface area contributed by atoms with Crippen LogP contribution in [0.15, 0.2) is 0 Å². The standard InChI is InChI=1S/C11H14F9N3O3Si/c1-5-27(21(2)6(24)9(12,13)14,22(3)7(25)10(15,16)17)23(4)8(26)11(18,19)20/h5H2,1-4H3. The van der Waals surface area contributed by atoms with Crippen molar-refractivity contribution in [2.45, 2.75) is 31.5 Å². The van der Waals surface area contributed by atoms with Crippen LogP contribution in [0.2, 0.25) is 6.04 Å². The van der Waals surface area contributed by atoms with Crippen LogP contribution in [0.4, 0.5) is 39.5 Å². The molecule has 0 heterocycles. The Bertz CT molecular complexity index is 524. The van der Waals surface area contributed by atoms with Crippen molar-refractivity contribution in [1.82, 2.24) is 13.7 Å². The Labute approximate surface area is 147 Å². The molecule has 0 unspecified atom stereocenters. The molecule has 0 aliphatic rings. The molecule has 0 atom stereocenters. The van der Waals surface area contributed by atoms with Gasteiger partial charge in [0.05, 0.1) is 0 Å². The van der Waals surface area contributed by atoms with Gasteiger partial charge in [0.2, 0.25) is 0 Å². The number of hydrogen-bond donors (Lipinski definition) is 0. The summed E-state index contributed by atoms with van der Waals surface area (Å²) in [7, 11) is -4.46. The second-order valence-electron chi connectivity index (χ2n) is 5.21. The first-order valence-corrected chi connectivity index (χ1v) is 8.86. The molecule has 158 valence electrons. The monoisotopic (exact) mass is 435 g/mol. The molecule has 0 rings (SSSR count). The van der Waals surface area contributed by atoms with Gasteiger partial charge in [0, 0.05) is 21.1 Å². The third-order valence-corrected chi connectivity index (χ3v) is 8.51. The second-order valence-corrected chi connectivity index (χ2v) is 9.48. The van der Waals surface area contributed by atoms with Crippen LogP contribution in [0.5, 0.6) is 0 Å². The summed E-state index contributed by atoms with van der Waals surface area (Å²) >= 11 is 0. The minimum Gasteiger partial charge on any atom is -0.330 e. The van der Waals surface area contributed by atoms with E-state index in [0.717, 1.165) is 6.92 Å². The predicted octanol–water partition coefficient (Wildman–Crippen LogP) is 2.01. The van der Waals surface area contributed by atoms with Crippen LogP contribution in [-0.2, 0) is 14.4 Å². The number of alkyl halides is 9. The van der Waals surface area contributed by atoms with Crippen molar-refractivity contribution in [3.63, 3.8) is 0 Å². The molecule has 0 fully saturated rings. The minimum absolute atomic E-state index is 0.284. The van der Waals surface area contributed by atoms with Gasteiger partial charge in [-0.15, -0.1) is 0 Å². The summed E-state index contributed by atoms with van der Waals surface area (Å²) in [4.78, 5) is 34.6. The molecule has 0 N–H and O–H groups in total. The SMILES string of the molecule is CC[Si](N(C)C(=O)C(F)(F)F)(N(C)C(=O)C(F)(F)F)N(C)C(=O)C(F)(F)F. The average Bonchev–Trinajstić information content (AvgIpc) is 2.50. The normalized spacial score (nSPS) is 13.2. The smallest absolute Gasteiger partial charge is 0.330 e. The first-order chi connectivity index (χ1) is 11.8. The fraction of sp³-hybridized carbons (Fsp3) is 0.727. The fourth-order valence-corrected chi connectivity index (χ4v) is 6.57. The molecule has 0 aromatic rings. The summed E-state index contributed by atoms with van der Waals surface area (Å²) in [5, 5.41) is 0. The zero-order valence-corrected chi connectivity index (χ0v) is 15.2. The van der Waals surface area contributed by atoms with E-state index in [1.54, 1.807) is 0 Å². The third kappa shape index (κ3) is 4.84. The van der Waals surface area contributed by atoms with E-state index < -0.39 is 64.5 Å². The van der Waals surface area contributed by atoms with Gasteiger partial charge in [-0.1, -0.05) is 6.92 Å². The van der Waals surface area contributed by atoms with Crippen LogP contribution in [0.25, 0.3) is 0 Å². The Balaban J connectivity index is 6.65. The fourth-order valence-electron chi connectivity index (χ4n) is 2.44. The minimum atomic E-state index is -5.67. The zero-order chi connectivity index (χ0) is 22.2.